The Hall–Kier alpha value is -3.16. The molecule has 1 aromatic heterocycles. The van der Waals surface area contributed by atoms with E-state index in [0.29, 0.717) is 17.9 Å². The van der Waals surface area contributed by atoms with Crippen molar-refractivity contribution in [2.45, 2.75) is 20.4 Å². The summed E-state index contributed by atoms with van der Waals surface area (Å²) in [6.45, 7) is 8.78. The van der Waals surface area contributed by atoms with Gasteiger partial charge in [0.25, 0.3) is 0 Å². The summed E-state index contributed by atoms with van der Waals surface area (Å²) in [4.78, 5) is 30.3. The Morgan fingerprint density at radius 2 is 1.70 bits per heavy atom. The van der Waals surface area contributed by atoms with Gasteiger partial charge in [0.05, 0.1) is 24.4 Å². The fraction of sp³-hybridized carbons (Fsp3) is 0.385. The Labute approximate surface area is 194 Å². The molecule has 0 saturated carbocycles. The predicted molar refractivity (Wildman–Crippen MR) is 130 cm³/mol. The monoisotopic (exact) mass is 448 g/mol. The van der Waals surface area contributed by atoms with Gasteiger partial charge in [-0.25, -0.2) is 4.79 Å². The number of esters is 1. The van der Waals surface area contributed by atoms with Crippen molar-refractivity contribution in [3.8, 4) is 0 Å². The zero-order valence-electron chi connectivity index (χ0n) is 19.6. The summed E-state index contributed by atoms with van der Waals surface area (Å²) in [6.07, 6.45) is 0. The van der Waals surface area contributed by atoms with E-state index in [1.165, 1.54) is 5.56 Å². The molecule has 0 atom stereocenters. The molecule has 0 unspecified atom stereocenters. The third-order valence-electron chi connectivity index (χ3n) is 6.17. The predicted octanol–water partition coefficient (Wildman–Crippen LogP) is 3.42. The lowest BCUT2D eigenvalue weighted by atomic mass is 10.1. The van der Waals surface area contributed by atoms with Crippen LogP contribution in [0.4, 0.5) is 5.69 Å². The average molecular weight is 449 g/mol. The number of aromatic nitrogens is 1. The molecule has 0 radical (unpaired) electrons. The third kappa shape index (κ3) is 5.26. The molecule has 1 N–H and O–H groups in total. The van der Waals surface area contributed by atoms with Crippen LogP contribution in [0, 0.1) is 6.92 Å². The molecule has 3 aromatic rings. The first-order valence-corrected chi connectivity index (χ1v) is 11.5. The van der Waals surface area contributed by atoms with Crippen molar-refractivity contribution in [3.63, 3.8) is 0 Å². The molecular formula is C26H32N4O3. The van der Waals surface area contributed by atoms with Gasteiger partial charge in [0.2, 0.25) is 5.91 Å². The van der Waals surface area contributed by atoms with Gasteiger partial charge in [0, 0.05) is 45.2 Å². The zero-order valence-corrected chi connectivity index (χ0v) is 19.6. The molecule has 1 fully saturated rings. The molecule has 4 rings (SSSR count). The van der Waals surface area contributed by atoms with Crippen LogP contribution in [0.25, 0.3) is 10.9 Å². The van der Waals surface area contributed by atoms with Gasteiger partial charge in [0.1, 0.15) is 0 Å². The van der Waals surface area contributed by atoms with Gasteiger partial charge in [-0.2, -0.15) is 0 Å². The summed E-state index contributed by atoms with van der Waals surface area (Å²) in [5.74, 6) is -0.551. The SMILES string of the molecule is CCOC(=O)c1c(NC(=O)CN2CCN(Cc3ccccc3)CC2)c2cc(C)ccc2n1C. The molecule has 1 aliphatic heterocycles. The van der Waals surface area contributed by atoms with E-state index < -0.39 is 5.97 Å². The van der Waals surface area contributed by atoms with Crippen molar-refractivity contribution in [1.29, 1.82) is 0 Å². The number of hydrogen-bond acceptors (Lipinski definition) is 5. The molecule has 33 heavy (non-hydrogen) atoms. The number of carbonyl (C=O) groups excluding carboxylic acids is 2. The van der Waals surface area contributed by atoms with Gasteiger partial charge in [-0.05, 0) is 31.5 Å². The molecule has 0 bridgehead atoms. The number of piperazine rings is 1. The smallest absolute Gasteiger partial charge is 0.357 e. The number of fused-ring (bicyclic) bond motifs is 1. The highest BCUT2D eigenvalue weighted by atomic mass is 16.5. The summed E-state index contributed by atoms with van der Waals surface area (Å²) in [6, 6.07) is 16.4. The van der Waals surface area contributed by atoms with Crippen molar-refractivity contribution in [3.05, 3.63) is 65.4 Å². The minimum absolute atomic E-state index is 0.119. The van der Waals surface area contributed by atoms with Crippen LogP contribution in [0.2, 0.25) is 0 Å². The maximum absolute atomic E-state index is 13.0. The highest BCUT2D eigenvalue weighted by Crippen LogP contribution is 2.32. The highest BCUT2D eigenvalue weighted by Gasteiger charge is 2.25. The average Bonchev–Trinajstić information content (AvgIpc) is 3.06. The van der Waals surface area contributed by atoms with Gasteiger partial charge < -0.3 is 14.6 Å². The van der Waals surface area contributed by atoms with Gasteiger partial charge in [-0.1, -0.05) is 42.0 Å². The first-order chi connectivity index (χ1) is 16.0. The number of amides is 1. The molecule has 1 saturated heterocycles. The van der Waals surface area contributed by atoms with Gasteiger partial charge in [-0.3, -0.25) is 14.6 Å². The Morgan fingerprint density at radius 3 is 2.39 bits per heavy atom. The van der Waals surface area contributed by atoms with Gasteiger partial charge >= 0.3 is 5.97 Å². The Balaban J connectivity index is 1.43. The second kappa shape index (κ2) is 10.2. The quantitative estimate of drug-likeness (QED) is 0.561. The molecule has 0 aliphatic carbocycles. The first-order valence-electron chi connectivity index (χ1n) is 11.5. The van der Waals surface area contributed by atoms with E-state index >= 15 is 0 Å². The lowest BCUT2D eigenvalue weighted by Crippen LogP contribution is -2.48. The van der Waals surface area contributed by atoms with Crippen LogP contribution in [0.3, 0.4) is 0 Å². The fourth-order valence-electron chi connectivity index (χ4n) is 4.45. The van der Waals surface area contributed by atoms with E-state index in [1.54, 1.807) is 11.5 Å². The topological polar surface area (TPSA) is 66.8 Å². The number of benzene rings is 2. The Bertz CT molecular complexity index is 1130. The van der Waals surface area contributed by atoms with Crippen LogP contribution in [0.15, 0.2) is 48.5 Å². The van der Waals surface area contributed by atoms with E-state index in [-0.39, 0.29) is 12.5 Å². The second-order valence-corrected chi connectivity index (χ2v) is 8.61. The summed E-state index contributed by atoms with van der Waals surface area (Å²) < 4.78 is 7.07. The van der Waals surface area contributed by atoms with Crippen LogP contribution < -0.4 is 5.32 Å². The van der Waals surface area contributed by atoms with Gasteiger partial charge in [0.15, 0.2) is 5.69 Å². The minimum Gasteiger partial charge on any atom is -0.461 e. The van der Waals surface area contributed by atoms with Crippen molar-refractivity contribution in [2.24, 2.45) is 7.05 Å². The lowest BCUT2D eigenvalue weighted by Gasteiger charge is -2.34. The third-order valence-corrected chi connectivity index (χ3v) is 6.17. The molecule has 1 aliphatic rings. The normalized spacial score (nSPS) is 15.0. The molecule has 2 aromatic carbocycles. The molecular weight excluding hydrogens is 416 g/mol. The van der Waals surface area contributed by atoms with Crippen molar-refractivity contribution in [1.82, 2.24) is 14.4 Å². The second-order valence-electron chi connectivity index (χ2n) is 8.61. The number of nitrogens with one attached hydrogen (secondary N) is 1. The van der Waals surface area contributed by atoms with E-state index in [9.17, 15) is 9.59 Å². The number of rotatable bonds is 7. The molecule has 0 spiro atoms. The zero-order chi connectivity index (χ0) is 23.4. The maximum atomic E-state index is 13.0. The number of anilines is 1. The molecule has 1 amide bonds. The first kappa shape index (κ1) is 23.0. The van der Waals surface area contributed by atoms with Crippen LogP contribution >= 0.6 is 0 Å². The minimum atomic E-state index is -0.432. The van der Waals surface area contributed by atoms with Crippen molar-refractivity contribution >= 4 is 28.5 Å². The van der Waals surface area contributed by atoms with E-state index in [0.717, 1.165) is 49.2 Å². The van der Waals surface area contributed by atoms with Crippen molar-refractivity contribution in [2.75, 3.05) is 44.6 Å². The molecule has 174 valence electrons. The summed E-state index contributed by atoms with van der Waals surface area (Å²) >= 11 is 0. The van der Waals surface area contributed by atoms with Crippen LogP contribution in [-0.2, 0) is 23.1 Å². The van der Waals surface area contributed by atoms with Crippen LogP contribution in [0.5, 0.6) is 0 Å². The summed E-state index contributed by atoms with van der Waals surface area (Å²) in [7, 11) is 1.82. The van der Waals surface area contributed by atoms with E-state index in [1.807, 2.05) is 38.2 Å². The summed E-state index contributed by atoms with van der Waals surface area (Å²) in [5.41, 5.74) is 4.16. The van der Waals surface area contributed by atoms with E-state index in [2.05, 4.69) is 39.4 Å². The van der Waals surface area contributed by atoms with Crippen LogP contribution in [0.1, 0.15) is 28.5 Å². The number of hydrogen-bond donors (Lipinski definition) is 1. The number of aryl methyl sites for hydroxylation is 2. The maximum Gasteiger partial charge on any atom is 0.357 e. The van der Waals surface area contributed by atoms with Crippen molar-refractivity contribution < 1.29 is 14.3 Å². The number of carbonyl (C=O) groups is 2. The van der Waals surface area contributed by atoms with E-state index in [4.69, 9.17) is 4.74 Å². The van der Waals surface area contributed by atoms with Crippen LogP contribution in [-0.4, -0.2) is 65.6 Å². The molecule has 2 heterocycles. The molecule has 7 heteroatoms. The largest absolute Gasteiger partial charge is 0.461 e. The summed E-state index contributed by atoms with van der Waals surface area (Å²) in [5, 5.41) is 3.87. The number of ether oxygens (including phenoxy) is 1. The Morgan fingerprint density at radius 1 is 1.00 bits per heavy atom. The molecule has 7 nitrogen and oxygen atoms in total. The number of nitrogens with zero attached hydrogens (tertiary/aromatic N) is 3. The standard InChI is InChI=1S/C26H32N4O3/c1-4-33-26(32)25-24(21-16-19(2)10-11-22(21)28(25)3)27-23(31)18-30-14-12-29(13-15-30)17-20-8-6-5-7-9-20/h5-11,16H,4,12-15,17-18H2,1-3H3,(H,27,31). The lowest BCUT2D eigenvalue weighted by molar-refractivity contribution is -0.117. The fourth-order valence-corrected chi connectivity index (χ4v) is 4.45. The van der Waals surface area contributed by atoms with Gasteiger partial charge in [-0.15, -0.1) is 0 Å². The Kier molecular flexibility index (Phi) is 7.11. The highest BCUT2D eigenvalue weighted by molar-refractivity contribution is 6.11.